The van der Waals surface area contributed by atoms with Gasteiger partial charge in [-0.05, 0) is 37.6 Å². The first-order valence-electron chi connectivity index (χ1n) is 6.43. The highest BCUT2D eigenvalue weighted by molar-refractivity contribution is 5.85. The number of amides is 1. The van der Waals surface area contributed by atoms with Crippen LogP contribution in [0.3, 0.4) is 0 Å². The number of nitrogens with one attached hydrogen (secondary N) is 1. The first-order valence-corrected chi connectivity index (χ1v) is 6.43. The van der Waals surface area contributed by atoms with Crippen molar-refractivity contribution in [2.75, 3.05) is 26.2 Å². The van der Waals surface area contributed by atoms with E-state index in [0.29, 0.717) is 0 Å². The van der Waals surface area contributed by atoms with Crippen molar-refractivity contribution in [2.24, 2.45) is 0 Å². The molecule has 0 saturated carbocycles. The number of carbonyl (C=O) groups is 1. The monoisotopic (exact) mass is 286 g/mol. The highest BCUT2D eigenvalue weighted by Crippen LogP contribution is 2.19. The fourth-order valence-corrected chi connectivity index (χ4v) is 2.26. The van der Waals surface area contributed by atoms with Gasteiger partial charge in [-0.25, -0.2) is 4.39 Å². The summed E-state index contributed by atoms with van der Waals surface area (Å²) in [6, 6.07) is 6.30. The maximum absolute atomic E-state index is 13.2. The Kier molecular flexibility index (Phi) is 6.25. The molecule has 1 aliphatic rings. The molecule has 0 aromatic heterocycles. The molecule has 1 saturated heterocycles. The average Bonchev–Trinajstić information content (AvgIpc) is 2.66. The van der Waals surface area contributed by atoms with Crippen molar-refractivity contribution in [2.45, 2.75) is 19.3 Å². The van der Waals surface area contributed by atoms with Crippen LogP contribution in [0.5, 0.6) is 0 Å². The Morgan fingerprint density at radius 2 is 2.16 bits per heavy atom. The van der Waals surface area contributed by atoms with Crippen LogP contribution in [0.25, 0.3) is 0 Å². The fourth-order valence-electron chi connectivity index (χ4n) is 2.26. The van der Waals surface area contributed by atoms with Gasteiger partial charge in [0.25, 0.3) is 0 Å². The highest BCUT2D eigenvalue weighted by atomic mass is 35.5. The summed E-state index contributed by atoms with van der Waals surface area (Å²) < 4.78 is 13.2. The van der Waals surface area contributed by atoms with Crippen LogP contribution in [0.2, 0.25) is 0 Å². The molecule has 3 nitrogen and oxygen atoms in total. The van der Waals surface area contributed by atoms with Gasteiger partial charge >= 0.3 is 0 Å². The summed E-state index contributed by atoms with van der Waals surface area (Å²) in [4.78, 5) is 14.2. The Morgan fingerprint density at radius 3 is 2.89 bits per heavy atom. The third kappa shape index (κ3) is 4.18. The lowest BCUT2D eigenvalue weighted by Gasteiger charge is -2.24. The molecule has 0 bridgehead atoms. The van der Waals surface area contributed by atoms with Gasteiger partial charge in [0.15, 0.2) is 0 Å². The minimum Gasteiger partial charge on any atom is -0.341 e. The second kappa shape index (κ2) is 7.46. The minimum atomic E-state index is -0.287. The second-order valence-electron chi connectivity index (χ2n) is 4.71. The van der Waals surface area contributed by atoms with Gasteiger partial charge < -0.3 is 10.2 Å². The van der Waals surface area contributed by atoms with Crippen LogP contribution in [0, 0.1) is 5.82 Å². The Morgan fingerprint density at radius 1 is 1.37 bits per heavy atom. The summed E-state index contributed by atoms with van der Waals surface area (Å²) in [7, 11) is 0. The normalized spacial score (nSPS) is 17.3. The van der Waals surface area contributed by atoms with Crippen LogP contribution in [0.15, 0.2) is 24.3 Å². The van der Waals surface area contributed by atoms with Gasteiger partial charge in [-0.1, -0.05) is 12.1 Å². The molecule has 1 aromatic carbocycles. The Labute approximate surface area is 119 Å². The molecule has 2 rings (SSSR count). The van der Waals surface area contributed by atoms with Crippen LogP contribution in [-0.2, 0) is 4.79 Å². The summed E-state index contributed by atoms with van der Waals surface area (Å²) in [5, 5.41) is 3.27. The largest absolute Gasteiger partial charge is 0.341 e. The van der Waals surface area contributed by atoms with Crippen molar-refractivity contribution < 1.29 is 9.18 Å². The van der Waals surface area contributed by atoms with Crippen LogP contribution in [0.1, 0.15) is 24.8 Å². The van der Waals surface area contributed by atoms with E-state index in [-0.39, 0.29) is 30.0 Å². The maximum atomic E-state index is 13.2. The number of carbonyl (C=O) groups excluding carboxylic acids is 1. The van der Waals surface area contributed by atoms with Crippen LogP contribution in [-0.4, -0.2) is 37.0 Å². The molecular formula is C14H20ClFN2O. The van der Waals surface area contributed by atoms with Crippen molar-refractivity contribution in [1.82, 2.24) is 10.2 Å². The van der Waals surface area contributed by atoms with E-state index in [1.807, 2.05) is 17.9 Å². The van der Waals surface area contributed by atoms with E-state index in [1.165, 1.54) is 12.1 Å². The summed E-state index contributed by atoms with van der Waals surface area (Å²) in [6.45, 7) is 5.15. The summed E-state index contributed by atoms with van der Waals surface area (Å²) in [5.74, 6) is -0.479. The number of hydrogen-bond acceptors (Lipinski definition) is 2. The average molecular weight is 287 g/mol. The molecule has 0 spiro atoms. The fraction of sp³-hybridized carbons (Fsp3) is 0.500. The maximum Gasteiger partial charge on any atom is 0.229 e. The predicted molar refractivity (Wildman–Crippen MR) is 76.1 cm³/mol. The van der Waals surface area contributed by atoms with Gasteiger partial charge in [-0.3, -0.25) is 4.79 Å². The molecule has 1 heterocycles. The second-order valence-corrected chi connectivity index (χ2v) is 4.71. The zero-order chi connectivity index (χ0) is 13.0. The Balaban J connectivity index is 0.00000180. The Hall–Kier alpha value is -1.13. The van der Waals surface area contributed by atoms with Gasteiger partial charge in [-0.15, -0.1) is 12.4 Å². The summed E-state index contributed by atoms with van der Waals surface area (Å²) in [5.41, 5.74) is 0.747. The van der Waals surface area contributed by atoms with E-state index in [0.717, 1.165) is 38.2 Å². The highest BCUT2D eigenvalue weighted by Gasteiger charge is 2.22. The summed E-state index contributed by atoms with van der Waals surface area (Å²) in [6.07, 6.45) is 0.974. The molecule has 1 amide bonds. The molecule has 0 radical (unpaired) electrons. The van der Waals surface area contributed by atoms with Gasteiger partial charge in [0.05, 0.1) is 5.92 Å². The molecule has 1 aliphatic heterocycles. The molecule has 106 valence electrons. The van der Waals surface area contributed by atoms with Crippen molar-refractivity contribution in [3.8, 4) is 0 Å². The van der Waals surface area contributed by atoms with Crippen molar-refractivity contribution in [3.63, 3.8) is 0 Å². The smallest absolute Gasteiger partial charge is 0.229 e. The standard InChI is InChI=1S/C14H19FN2O.ClH/c1-11(12-4-2-5-13(15)10-12)14(18)17-8-3-6-16-7-9-17;/h2,4-5,10-11,16H,3,6-9H2,1H3;1H. The zero-order valence-corrected chi connectivity index (χ0v) is 11.9. The quantitative estimate of drug-likeness (QED) is 0.904. The molecule has 1 fully saturated rings. The van der Waals surface area contributed by atoms with E-state index in [2.05, 4.69) is 5.32 Å². The number of rotatable bonds is 2. The molecular weight excluding hydrogens is 267 g/mol. The number of hydrogen-bond donors (Lipinski definition) is 1. The van der Waals surface area contributed by atoms with Crippen LogP contribution >= 0.6 is 12.4 Å². The van der Waals surface area contributed by atoms with E-state index in [1.54, 1.807) is 6.07 Å². The lowest BCUT2D eigenvalue weighted by atomic mass is 9.99. The van der Waals surface area contributed by atoms with Gasteiger partial charge in [0, 0.05) is 19.6 Å². The van der Waals surface area contributed by atoms with Gasteiger partial charge in [0.2, 0.25) is 5.91 Å². The van der Waals surface area contributed by atoms with Crippen LogP contribution in [0.4, 0.5) is 4.39 Å². The number of nitrogens with zero attached hydrogens (tertiary/aromatic N) is 1. The lowest BCUT2D eigenvalue weighted by Crippen LogP contribution is -2.36. The number of benzene rings is 1. The third-order valence-corrected chi connectivity index (χ3v) is 3.37. The number of halogens is 2. The van der Waals surface area contributed by atoms with Crippen molar-refractivity contribution in [3.05, 3.63) is 35.6 Å². The van der Waals surface area contributed by atoms with E-state index >= 15 is 0 Å². The lowest BCUT2D eigenvalue weighted by molar-refractivity contribution is -0.132. The Bertz CT molecular complexity index is 420. The molecule has 0 aliphatic carbocycles. The molecule has 1 atom stereocenters. The topological polar surface area (TPSA) is 32.3 Å². The molecule has 1 unspecified atom stereocenters. The van der Waals surface area contributed by atoms with Crippen LogP contribution < -0.4 is 5.32 Å². The SMILES string of the molecule is CC(C(=O)N1CCCNCC1)c1cccc(F)c1.Cl. The molecule has 1 aromatic rings. The zero-order valence-electron chi connectivity index (χ0n) is 11.1. The molecule has 1 N–H and O–H groups in total. The first kappa shape index (κ1) is 15.9. The molecule has 5 heteroatoms. The molecule has 19 heavy (non-hydrogen) atoms. The van der Waals surface area contributed by atoms with Gasteiger partial charge in [0.1, 0.15) is 5.82 Å². The van der Waals surface area contributed by atoms with Crippen molar-refractivity contribution in [1.29, 1.82) is 0 Å². The minimum absolute atomic E-state index is 0. The first-order chi connectivity index (χ1) is 8.68. The van der Waals surface area contributed by atoms with E-state index < -0.39 is 0 Å². The summed E-state index contributed by atoms with van der Waals surface area (Å²) >= 11 is 0. The van der Waals surface area contributed by atoms with Crippen molar-refractivity contribution >= 4 is 18.3 Å². The van der Waals surface area contributed by atoms with E-state index in [9.17, 15) is 9.18 Å². The van der Waals surface area contributed by atoms with E-state index in [4.69, 9.17) is 0 Å². The van der Waals surface area contributed by atoms with Gasteiger partial charge in [-0.2, -0.15) is 0 Å². The third-order valence-electron chi connectivity index (χ3n) is 3.37. The predicted octanol–water partition coefficient (Wildman–Crippen LogP) is 2.17.